The van der Waals surface area contributed by atoms with Crippen molar-refractivity contribution in [2.24, 2.45) is 11.1 Å². The molecule has 1 aliphatic carbocycles. The van der Waals surface area contributed by atoms with E-state index in [9.17, 15) is 13.2 Å². The average molecular weight is 315 g/mol. The van der Waals surface area contributed by atoms with Gasteiger partial charge in [-0.15, -0.1) is 0 Å². The lowest BCUT2D eigenvalue weighted by Gasteiger charge is -2.14. The Bertz CT molecular complexity index is 632. The molecule has 1 saturated carbocycles. The molecule has 2 rings (SSSR count). The number of sulfonamides is 1. The van der Waals surface area contributed by atoms with E-state index in [1.165, 1.54) is 0 Å². The Hall–Kier alpha value is -1.41. The van der Waals surface area contributed by atoms with E-state index in [-0.39, 0.29) is 22.6 Å². The average Bonchev–Trinajstić information content (AvgIpc) is 3.04. The molecule has 7 nitrogen and oxygen atoms in total. The fourth-order valence-corrected chi connectivity index (χ4v) is 3.29. The number of aromatic amines is 1. The van der Waals surface area contributed by atoms with Crippen LogP contribution in [0.4, 0.5) is 0 Å². The fraction of sp³-hybridized carbons (Fsp3) is 0.692. The van der Waals surface area contributed by atoms with Gasteiger partial charge in [-0.05, 0) is 32.1 Å². The minimum Gasteiger partial charge on any atom is -0.458 e. The predicted octanol–water partition coefficient (Wildman–Crippen LogP) is 1.53. The van der Waals surface area contributed by atoms with Gasteiger partial charge in [0.2, 0.25) is 10.0 Å². The first-order valence-corrected chi connectivity index (χ1v) is 8.56. The van der Waals surface area contributed by atoms with Gasteiger partial charge in [0.25, 0.3) is 0 Å². The lowest BCUT2D eigenvalue weighted by molar-refractivity contribution is 0.0288. The van der Waals surface area contributed by atoms with E-state index >= 15 is 0 Å². The van der Waals surface area contributed by atoms with E-state index in [1.54, 1.807) is 6.92 Å². The molecule has 8 heteroatoms. The molecule has 118 valence electrons. The van der Waals surface area contributed by atoms with Crippen LogP contribution in [0.25, 0.3) is 0 Å². The van der Waals surface area contributed by atoms with Gasteiger partial charge in [0.05, 0.1) is 11.8 Å². The first-order chi connectivity index (χ1) is 9.70. The molecule has 1 atom stereocenters. The molecule has 21 heavy (non-hydrogen) atoms. The topological polar surface area (TPSA) is 115 Å². The zero-order valence-electron chi connectivity index (χ0n) is 12.4. The minimum absolute atomic E-state index is 0.0838. The van der Waals surface area contributed by atoms with Crippen LogP contribution in [0.2, 0.25) is 0 Å². The maximum atomic E-state index is 12.1. The highest BCUT2D eigenvalue weighted by atomic mass is 32.2. The molecule has 1 unspecified atom stereocenters. The van der Waals surface area contributed by atoms with Gasteiger partial charge in [0.1, 0.15) is 4.90 Å². The Morgan fingerprint density at radius 2 is 2.05 bits per heavy atom. The Labute approximate surface area is 124 Å². The number of hydrogen-bond donors (Lipinski definition) is 2. The van der Waals surface area contributed by atoms with Crippen molar-refractivity contribution < 1.29 is 17.9 Å². The number of nitrogens with zero attached hydrogens (tertiary/aromatic N) is 1. The fourth-order valence-electron chi connectivity index (χ4n) is 2.37. The SMILES string of the molecule is CC(C)CC(C)OC(=O)c1n[nH]c(C2CC2)c1S(N)(=O)=O. The second-order valence-electron chi connectivity index (χ2n) is 5.98. The Morgan fingerprint density at radius 1 is 1.43 bits per heavy atom. The van der Waals surface area contributed by atoms with Gasteiger partial charge in [-0.3, -0.25) is 5.10 Å². The molecular formula is C13H21N3O4S. The summed E-state index contributed by atoms with van der Waals surface area (Å²) >= 11 is 0. The third-order valence-electron chi connectivity index (χ3n) is 3.32. The molecule has 1 heterocycles. The van der Waals surface area contributed by atoms with Crippen LogP contribution in [0.15, 0.2) is 4.90 Å². The summed E-state index contributed by atoms with van der Waals surface area (Å²) in [5, 5.41) is 11.7. The number of hydrogen-bond acceptors (Lipinski definition) is 5. The minimum atomic E-state index is -4.02. The van der Waals surface area contributed by atoms with E-state index in [4.69, 9.17) is 9.88 Å². The zero-order chi connectivity index (χ0) is 15.8. The standard InChI is InChI=1S/C13H21N3O4S/c1-7(2)6-8(3)20-13(17)11-12(21(14,18)19)10(15-16-11)9-4-5-9/h7-9H,4-6H2,1-3H3,(H,15,16)(H2,14,18,19). The lowest BCUT2D eigenvalue weighted by atomic mass is 10.1. The largest absolute Gasteiger partial charge is 0.458 e. The summed E-state index contributed by atoms with van der Waals surface area (Å²) in [6.45, 7) is 5.79. The predicted molar refractivity (Wildman–Crippen MR) is 76.3 cm³/mol. The van der Waals surface area contributed by atoms with Crippen molar-refractivity contribution in [2.45, 2.75) is 57.0 Å². The zero-order valence-corrected chi connectivity index (χ0v) is 13.2. The molecule has 3 N–H and O–H groups in total. The molecular weight excluding hydrogens is 294 g/mol. The maximum absolute atomic E-state index is 12.1. The van der Waals surface area contributed by atoms with E-state index in [2.05, 4.69) is 10.2 Å². The number of aromatic nitrogens is 2. The van der Waals surface area contributed by atoms with Crippen LogP contribution in [-0.2, 0) is 14.8 Å². The smallest absolute Gasteiger partial charge is 0.360 e. The van der Waals surface area contributed by atoms with Crippen molar-refractivity contribution in [1.29, 1.82) is 0 Å². The van der Waals surface area contributed by atoms with Crippen LogP contribution < -0.4 is 5.14 Å². The Kier molecular flexibility index (Phi) is 4.38. The molecule has 0 spiro atoms. The normalized spacial score (nSPS) is 17.0. The Balaban J connectivity index is 2.25. The molecule has 0 aromatic carbocycles. The van der Waals surface area contributed by atoms with Crippen molar-refractivity contribution in [1.82, 2.24) is 10.2 Å². The van der Waals surface area contributed by atoms with Gasteiger partial charge >= 0.3 is 5.97 Å². The summed E-state index contributed by atoms with van der Waals surface area (Å²) in [6, 6.07) is 0. The van der Waals surface area contributed by atoms with E-state index in [0.717, 1.165) is 12.8 Å². The lowest BCUT2D eigenvalue weighted by Crippen LogP contribution is -2.21. The van der Waals surface area contributed by atoms with Gasteiger partial charge in [-0.1, -0.05) is 13.8 Å². The number of ether oxygens (including phenoxy) is 1. The number of nitrogens with one attached hydrogen (secondary N) is 1. The van der Waals surface area contributed by atoms with Crippen LogP contribution in [0.5, 0.6) is 0 Å². The molecule has 0 radical (unpaired) electrons. The van der Waals surface area contributed by atoms with Crippen molar-refractivity contribution in [3.63, 3.8) is 0 Å². The summed E-state index contributed by atoms with van der Waals surface area (Å²) in [5.41, 5.74) is 0.177. The third-order valence-corrected chi connectivity index (χ3v) is 4.31. The third kappa shape index (κ3) is 3.82. The van der Waals surface area contributed by atoms with Crippen LogP contribution in [0, 0.1) is 5.92 Å². The van der Waals surface area contributed by atoms with E-state index in [1.807, 2.05) is 13.8 Å². The highest BCUT2D eigenvalue weighted by molar-refractivity contribution is 7.89. The number of rotatable bonds is 6. The van der Waals surface area contributed by atoms with Crippen molar-refractivity contribution in [2.75, 3.05) is 0 Å². The molecule has 1 fully saturated rings. The molecule has 0 bridgehead atoms. The number of nitrogens with two attached hydrogens (primary N) is 1. The first-order valence-electron chi connectivity index (χ1n) is 7.02. The number of carbonyl (C=O) groups excluding carboxylic acids is 1. The summed E-state index contributed by atoms with van der Waals surface area (Å²) in [4.78, 5) is 11.9. The number of esters is 1. The molecule has 1 aliphatic rings. The van der Waals surface area contributed by atoms with Gasteiger partial charge < -0.3 is 4.74 Å². The van der Waals surface area contributed by atoms with Crippen molar-refractivity contribution >= 4 is 16.0 Å². The number of primary sulfonamides is 1. The van der Waals surface area contributed by atoms with Gasteiger partial charge in [0.15, 0.2) is 5.69 Å². The van der Waals surface area contributed by atoms with Gasteiger partial charge in [-0.25, -0.2) is 18.4 Å². The van der Waals surface area contributed by atoms with Gasteiger partial charge in [-0.2, -0.15) is 5.10 Å². The first kappa shape index (κ1) is 16.0. The number of carbonyl (C=O) groups is 1. The Morgan fingerprint density at radius 3 is 2.52 bits per heavy atom. The second kappa shape index (κ2) is 5.76. The molecule has 0 saturated heterocycles. The van der Waals surface area contributed by atoms with Gasteiger partial charge in [0, 0.05) is 5.92 Å². The van der Waals surface area contributed by atoms with Crippen LogP contribution in [0.3, 0.4) is 0 Å². The summed E-state index contributed by atoms with van der Waals surface area (Å²) < 4.78 is 28.7. The monoisotopic (exact) mass is 315 g/mol. The quantitative estimate of drug-likeness (QED) is 0.772. The van der Waals surface area contributed by atoms with Crippen LogP contribution in [0.1, 0.15) is 62.1 Å². The van der Waals surface area contributed by atoms with Crippen LogP contribution in [-0.4, -0.2) is 30.7 Å². The molecule has 1 aromatic rings. The van der Waals surface area contributed by atoms with Crippen molar-refractivity contribution in [3.05, 3.63) is 11.4 Å². The number of H-pyrrole nitrogens is 1. The van der Waals surface area contributed by atoms with E-state index < -0.39 is 16.0 Å². The highest BCUT2D eigenvalue weighted by Gasteiger charge is 2.36. The second-order valence-corrected chi connectivity index (χ2v) is 7.48. The van der Waals surface area contributed by atoms with Crippen molar-refractivity contribution in [3.8, 4) is 0 Å². The van der Waals surface area contributed by atoms with Crippen LogP contribution >= 0.6 is 0 Å². The highest BCUT2D eigenvalue weighted by Crippen LogP contribution is 2.42. The molecule has 0 amide bonds. The molecule has 1 aromatic heterocycles. The maximum Gasteiger partial charge on any atom is 0.360 e. The molecule has 0 aliphatic heterocycles. The van der Waals surface area contributed by atoms with E-state index in [0.29, 0.717) is 18.0 Å². The summed E-state index contributed by atoms with van der Waals surface area (Å²) in [6.07, 6.45) is 2.11. The summed E-state index contributed by atoms with van der Waals surface area (Å²) in [7, 11) is -4.02. The summed E-state index contributed by atoms with van der Waals surface area (Å²) in [5.74, 6) is -0.303.